The minimum atomic E-state index is -1.05. The van der Waals surface area contributed by atoms with Crippen LogP contribution in [0.15, 0.2) is 53.2 Å². The monoisotopic (exact) mass is 276 g/mol. The van der Waals surface area contributed by atoms with Crippen molar-refractivity contribution in [2.24, 2.45) is 0 Å². The normalized spacial score (nSPS) is 10.2. The first kappa shape index (κ1) is 14.8. The van der Waals surface area contributed by atoms with E-state index < -0.39 is 5.97 Å². The first-order chi connectivity index (χ1) is 9.22. The van der Waals surface area contributed by atoms with E-state index in [1.54, 1.807) is 18.3 Å². The molecule has 2 heterocycles. The second kappa shape index (κ2) is 6.22. The van der Waals surface area contributed by atoms with Gasteiger partial charge in [-0.2, -0.15) is 0 Å². The van der Waals surface area contributed by atoms with E-state index in [4.69, 9.17) is 9.52 Å². The maximum Gasteiger partial charge on any atom is 1.00 e. The maximum absolute atomic E-state index is 10.8. The van der Waals surface area contributed by atoms with Crippen molar-refractivity contribution in [3.05, 3.63) is 65.7 Å². The molecule has 0 aliphatic carbocycles. The first-order valence-electron chi connectivity index (χ1n) is 5.87. The summed E-state index contributed by atoms with van der Waals surface area (Å²) in [5.74, 6) is -1.08. The van der Waals surface area contributed by atoms with Crippen molar-refractivity contribution in [1.29, 1.82) is 0 Å². The zero-order valence-corrected chi connectivity index (χ0v) is 13.0. The molecule has 0 amide bonds. The van der Waals surface area contributed by atoms with E-state index in [0.717, 1.165) is 22.9 Å². The zero-order valence-electron chi connectivity index (χ0n) is 11.0. The molecule has 0 aliphatic heterocycles. The number of pyridine rings is 1. The number of aromatic carboxylic acids is 1. The van der Waals surface area contributed by atoms with Crippen molar-refractivity contribution < 1.29 is 43.9 Å². The minimum absolute atomic E-state index is 0. The maximum atomic E-state index is 10.8. The van der Waals surface area contributed by atoms with Gasteiger partial charge in [0.2, 0.25) is 5.76 Å². The van der Waals surface area contributed by atoms with Crippen LogP contribution in [0.2, 0.25) is 0 Å². The number of furan rings is 1. The van der Waals surface area contributed by atoms with Gasteiger partial charge in [-0.05, 0) is 41.8 Å². The Labute approximate surface area is 137 Å². The van der Waals surface area contributed by atoms with Gasteiger partial charge in [0, 0.05) is 17.8 Å². The molecule has 5 heteroatoms. The van der Waals surface area contributed by atoms with Gasteiger partial charge in [-0.25, -0.2) is 4.79 Å². The topological polar surface area (TPSA) is 63.3 Å². The standard InChI is InChI=1S/C15H11NO3.Na/c17-15(18)14-8-12-7-10(3-4-13(12)19-14)6-11-2-1-5-16-9-11;/h1-5,7-9H,6H2,(H,17,18);/q;+1. The molecule has 1 N–H and O–H groups in total. The van der Waals surface area contributed by atoms with E-state index in [2.05, 4.69) is 4.98 Å². The third-order valence-electron chi connectivity index (χ3n) is 2.92. The Kier molecular flexibility index (Phi) is 4.60. The molecule has 3 rings (SSSR count). The Morgan fingerprint density at radius 3 is 2.75 bits per heavy atom. The molecule has 0 atom stereocenters. The summed E-state index contributed by atoms with van der Waals surface area (Å²) in [6.45, 7) is 0. The zero-order chi connectivity index (χ0) is 13.2. The van der Waals surface area contributed by atoms with Crippen LogP contribution >= 0.6 is 0 Å². The van der Waals surface area contributed by atoms with Gasteiger partial charge < -0.3 is 9.52 Å². The molecule has 3 aromatic rings. The third kappa shape index (κ3) is 3.10. The molecule has 1 aromatic carbocycles. The first-order valence-corrected chi connectivity index (χ1v) is 5.87. The predicted octanol–water partition coefficient (Wildman–Crippen LogP) is 0.121. The van der Waals surface area contributed by atoms with Crippen molar-refractivity contribution in [2.45, 2.75) is 6.42 Å². The molecule has 0 unspecified atom stereocenters. The average Bonchev–Trinajstić information content (AvgIpc) is 2.83. The number of benzene rings is 1. The van der Waals surface area contributed by atoms with Crippen LogP contribution in [-0.4, -0.2) is 16.1 Å². The number of rotatable bonds is 3. The second-order valence-electron chi connectivity index (χ2n) is 4.33. The van der Waals surface area contributed by atoms with Gasteiger partial charge in [-0.1, -0.05) is 12.1 Å². The Hall–Kier alpha value is -1.62. The van der Waals surface area contributed by atoms with E-state index in [0.29, 0.717) is 5.58 Å². The Balaban J connectivity index is 0.00000147. The van der Waals surface area contributed by atoms with Crippen LogP contribution in [0.3, 0.4) is 0 Å². The summed E-state index contributed by atoms with van der Waals surface area (Å²) >= 11 is 0. The smallest absolute Gasteiger partial charge is 0.475 e. The number of aromatic nitrogens is 1. The quantitative estimate of drug-likeness (QED) is 0.690. The molecular formula is C15H11NNaO3+. The summed E-state index contributed by atoms with van der Waals surface area (Å²) in [4.78, 5) is 14.9. The van der Waals surface area contributed by atoms with Gasteiger partial charge in [0.25, 0.3) is 0 Å². The summed E-state index contributed by atoms with van der Waals surface area (Å²) in [5.41, 5.74) is 2.80. The van der Waals surface area contributed by atoms with Crippen molar-refractivity contribution in [3.63, 3.8) is 0 Å². The summed E-state index contributed by atoms with van der Waals surface area (Å²) < 4.78 is 5.22. The summed E-state index contributed by atoms with van der Waals surface area (Å²) in [6, 6.07) is 11.1. The van der Waals surface area contributed by atoms with E-state index in [1.807, 2.05) is 30.5 Å². The average molecular weight is 276 g/mol. The Morgan fingerprint density at radius 1 is 1.20 bits per heavy atom. The second-order valence-corrected chi connectivity index (χ2v) is 4.33. The van der Waals surface area contributed by atoms with Gasteiger partial charge >= 0.3 is 35.5 Å². The fraction of sp³-hybridized carbons (Fsp3) is 0.0667. The molecule has 0 saturated carbocycles. The van der Waals surface area contributed by atoms with E-state index in [1.165, 1.54) is 0 Å². The summed E-state index contributed by atoms with van der Waals surface area (Å²) in [5, 5.41) is 9.69. The van der Waals surface area contributed by atoms with Gasteiger partial charge in [0.1, 0.15) is 5.58 Å². The molecule has 0 fully saturated rings. The van der Waals surface area contributed by atoms with Crippen molar-refractivity contribution in [3.8, 4) is 0 Å². The van der Waals surface area contributed by atoms with Crippen molar-refractivity contribution in [2.75, 3.05) is 0 Å². The molecule has 2 aromatic heterocycles. The van der Waals surface area contributed by atoms with Crippen LogP contribution in [0.25, 0.3) is 11.0 Å². The van der Waals surface area contributed by atoms with Crippen LogP contribution in [0.1, 0.15) is 21.7 Å². The number of carboxylic acid groups (broad SMARTS) is 1. The van der Waals surface area contributed by atoms with Crippen LogP contribution in [0.4, 0.5) is 0 Å². The summed E-state index contributed by atoms with van der Waals surface area (Å²) in [6.07, 6.45) is 4.32. The fourth-order valence-electron chi connectivity index (χ4n) is 2.05. The van der Waals surface area contributed by atoms with Gasteiger partial charge in [0.15, 0.2) is 0 Å². The minimum Gasteiger partial charge on any atom is -0.475 e. The number of hydrogen-bond donors (Lipinski definition) is 1. The number of carbonyl (C=O) groups is 1. The van der Waals surface area contributed by atoms with Crippen LogP contribution < -0.4 is 29.6 Å². The molecule has 94 valence electrons. The molecule has 0 saturated heterocycles. The number of carboxylic acids is 1. The number of fused-ring (bicyclic) bond motifs is 1. The number of nitrogens with zero attached hydrogens (tertiary/aromatic N) is 1. The molecular weight excluding hydrogens is 265 g/mol. The largest absolute Gasteiger partial charge is 1.00 e. The number of hydrogen-bond acceptors (Lipinski definition) is 3. The van der Waals surface area contributed by atoms with E-state index in [-0.39, 0.29) is 35.3 Å². The fourth-order valence-corrected chi connectivity index (χ4v) is 2.05. The van der Waals surface area contributed by atoms with Crippen molar-refractivity contribution >= 4 is 16.9 Å². The molecule has 0 spiro atoms. The molecule has 20 heavy (non-hydrogen) atoms. The third-order valence-corrected chi connectivity index (χ3v) is 2.92. The predicted molar refractivity (Wildman–Crippen MR) is 70.2 cm³/mol. The van der Waals surface area contributed by atoms with Gasteiger partial charge in [-0.3, -0.25) is 4.98 Å². The molecule has 4 nitrogen and oxygen atoms in total. The van der Waals surface area contributed by atoms with Gasteiger partial charge in [0.05, 0.1) is 0 Å². The summed E-state index contributed by atoms with van der Waals surface area (Å²) in [7, 11) is 0. The van der Waals surface area contributed by atoms with E-state index >= 15 is 0 Å². The van der Waals surface area contributed by atoms with Gasteiger partial charge in [-0.15, -0.1) is 0 Å². The SMILES string of the molecule is O=C(O)c1cc2cc(Cc3cccnc3)ccc2o1.[Na+]. The molecule has 0 radical (unpaired) electrons. The Bertz CT molecular complexity index is 737. The van der Waals surface area contributed by atoms with Crippen LogP contribution in [0.5, 0.6) is 0 Å². The van der Waals surface area contributed by atoms with Crippen LogP contribution in [-0.2, 0) is 6.42 Å². The van der Waals surface area contributed by atoms with Crippen LogP contribution in [0, 0.1) is 0 Å². The molecule has 0 aliphatic rings. The van der Waals surface area contributed by atoms with E-state index in [9.17, 15) is 4.79 Å². The molecule has 0 bridgehead atoms. The Morgan fingerprint density at radius 2 is 2.05 bits per heavy atom. The van der Waals surface area contributed by atoms with Crippen molar-refractivity contribution in [1.82, 2.24) is 4.98 Å².